The van der Waals surface area contributed by atoms with E-state index in [1.807, 2.05) is 35.2 Å². The molecule has 0 radical (unpaired) electrons. The zero-order chi connectivity index (χ0) is 19.7. The van der Waals surface area contributed by atoms with Crippen LogP contribution in [0, 0.1) is 13.8 Å². The zero-order valence-corrected chi connectivity index (χ0v) is 16.4. The molecule has 1 aliphatic rings. The van der Waals surface area contributed by atoms with Crippen molar-refractivity contribution in [3.63, 3.8) is 0 Å². The average molecular weight is 375 g/mol. The summed E-state index contributed by atoms with van der Waals surface area (Å²) in [4.78, 5) is 29.6. The Morgan fingerprint density at radius 1 is 0.929 bits per heavy atom. The van der Waals surface area contributed by atoms with Gasteiger partial charge in [-0.15, -0.1) is 0 Å². The highest BCUT2D eigenvalue weighted by atomic mass is 16.2. The normalized spacial score (nSPS) is 14.5. The van der Waals surface area contributed by atoms with Crippen LogP contribution in [0.4, 0.5) is 5.69 Å². The fourth-order valence-electron chi connectivity index (χ4n) is 3.87. The van der Waals surface area contributed by atoms with Crippen molar-refractivity contribution >= 4 is 22.4 Å². The van der Waals surface area contributed by atoms with Crippen LogP contribution in [0.3, 0.4) is 0 Å². The largest absolute Gasteiger partial charge is 0.368 e. The molecule has 2 heterocycles. The second-order valence-corrected chi connectivity index (χ2v) is 7.42. The Labute approximate surface area is 164 Å². The topological polar surface area (TPSA) is 45.5 Å². The number of carbonyl (C=O) groups is 1. The highest BCUT2D eigenvalue weighted by Crippen LogP contribution is 2.23. The number of hydrogen-bond acceptors (Lipinski definition) is 3. The molecule has 3 aromatic rings. The number of piperazine rings is 1. The Morgan fingerprint density at radius 2 is 1.68 bits per heavy atom. The molecule has 1 amide bonds. The Kier molecular flexibility index (Phi) is 4.90. The molecular formula is C23H25N3O2. The third-order valence-electron chi connectivity index (χ3n) is 5.74. The first-order valence-corrected chi connectivity index (χ1v) is 9.72. The first-order valence-electron chi connectivity index (χ1n) is 9.72. The minimum atomic E-state index is -0.111. The van der Waals surface area contributed by atoms with Gasteiger partial charge in [0, 0.05) is 43.4 Å². The predicted octanol–water partition coefficient (Wildman–Crippen LogP) is 2.97. The molecular weight excluding hydrogens is 350 g/mol. The van der Waals surface area contributed by atoms with Crippen molar-refractivity contribution in [2.45, 2.75) is 20.4 Å². The summed E-state index contributed by atoms with van der Waals surface area (Å²) in [6.45, 7) is 7.33. The Balaban J connectivity index is 1.44. The SMILES string of the molecule is Cc1cccc(N2CCN(C(=O)Cn3ccc4ccccc4c3=O)CC2)c1C. The minimum Gasteiger partial charge on any atom is -0.368 e. The molecule has 5 nitrogen and oxygen atoms in total. The van der Waals surface area contributed by atoms with Gasteiger partial charge in [-0.25, -0.2) is 0 Å². The number of pyridine rings is 1. The van der Waals surface area contributed by atoms with Gasteiger partial charge in [0.2, 0.25) is 5.91 Å². The first-order chi connectivity index (χ1) is 13.5. The van der Waals surface area contributed by atoms with E-state index in [4.69, 9.17) is 0 Å². The number of benzene rings is 2. The van der Waals surface area contributed by atoms with Crippen LogP contribution in [-0.4, -0.2) is 41.6 Å². The molecule has 144 valence electrons. The molecule has 4 rings (SSSR count). The van der Waals surface area contributed by atoms with Crippen molar-refractivity contribution in [3.05, 3.63) is 76.2 Å². The van der Waals surface area contributed by atoms with Gasteiger partial charge in [-0.05, 0) is 48.6 Å². The molecule has 0 unspecified atom stereocenters. The van der Waals surface area contributed by atoms with Crippen LogP contribution < -0.4 is 10.5 Å². The van der Waals surface area contributed by atoms with E-state index >= 15 is 0 Å². The van der Waals surface area contributed by atoms with Crippen LogP contribution in [0.15, 0.2) is 59.5 Å². The van der Waals surface area contributed by atoms with Gasteiger partial charge in [-0.1, -0.05) is 30.3 Å². The van der Waals surface area contributed by atoms with Crippen molar-refractivity contribution in [2.24, 2.45) is 0 Å². The number of aromatic nitrogens is 1. The minimum absolute atomic E-state index is 0.00186. The molecule has 0 atom stereocenters. The van der Waals surface area contributed by atoms with Gasteiger partial charge in [-0.2, -0.15) is 0 Å². The molecule has 5 heteroatoms. The van der Waals surface area contributed by atoms with Crippen LogP contribution in [0.5, 0.6) is 0 Å². The van der Waals surface area contributed by atoms with E-state index in [1.165, 1.54) is 21.4 Å². The summed E-state index contributed by atoms with van der Waals surface area (Å²) in [6.07, 6.45) is 1.72. The summed E-state index contributed by atoms with van der Waals surface area (Å²) in [5.41, 5.74) is 3.72. The van der Waals surface area contributed by atoms with Crippen LogP contribution in [0.1, 0.15) is 11.1 Å². The molecule has 1 fully saturated rings. The fraction of sp³-hybridized carbons (Fsp3) is 0.304. The van der Waals surface area contributed by atoms with E-state index in [9.17, 15) is 9.59 Å². The summed E-state index contributed by atoms with van der Waals surface area (Å²) in [7, 11) is 0. The van der Waals surface area contributed by atoms with Gasteiger partial charge in [0.05, 0.1) is 0 Å². The van der Waals surface area contributed by atoms with E-state index < -0.39 is 0 Å². The first kappa shape index (κ1) is 18.3. The van der Waals surface area contributed by atoms with E-state index in [2.05, 4.69) is 36.9 Å². The number of rotatable bonds is 3. The Morgan fingerprint density at radius 3 is 2.46 bits per heavy atom. The third kappa shape index (κ3) is 3.40. The Hall–Kier alpha value is -3.08. The second kappa shape index (κ2) is 7.50. The quantitative estimate of drug-likeness (QED) is 0.707. The predicted molar refractivity (Wildman–Crippen MR) is 113 cm³/mol. The van der Waals surface area contributed by atoms with Crippen molar-refractivity contribution in [1.29, 1.82) is 0 Å². The fourth-order valence-corrected chi connectivity index (χ4v) is 3.87. The van der Waals surface area contributed by atoms with E-state index in [-0.39, 0.29) is 18.0 Å². The van der Waals surface area contributed by atoms with Gasteiger partial charge < -0.3 is 14.4 Å². The average Bonchev–Trinajstić information content (AvgIpc) is 2.72. The molecule has 0 bridgehead atoms. The second-order valence-electron chi connectivity index (χ2n) is 7.42. The molecule has 2 aromatic carbocycles. The van der Waals surface area contributed by atoms with Gasteiger partial charge in [0.15, 0.2) is 0 Å². The molecule has 0 saturated carbocycles. The Bertz CT molecular complexity index is 1080. The number of aryl methyl sites for hydroxylation is 1. The third-order valence-corrected chi connectivity index (χ3v) is 5.74. The molecule has 0 N–H and O–H groups in total. The van der Waals surface area contributed by atoms with Crippen LogP contribution in [-0.2, 0) is 11.3 Å². The lowest BCUT2D eigenvalue weighted by atomic mass is 10.1. The van der Waals surface area contributed by atoms with Crippen molar-refractivity contribution in [3.8, 4) is 0 Å². The summed E-state index contributed by atoms with van der Waals surface area (Å²) in [6, 6.07) is 15.7. The summed E-state index contributed by atoms with van der Waals surface area (Å²) >= 11 is 0. The molecule has 0 spiro atoms. The lowest BCUT2D eigenvalue weighted by Gasteiger charge is -2.37. The lowest BCUT2D eigenvalue weighted by Crippen LogP contribution is -2.50. The number of amides is 1. The van der Waals surface area contributed by atoms with Crippen molar-refractivity contribution in [1.82, 2.24) is 9.47 Å². The number of anilines is 1. The number of carbonyl (C=O) groups excluding carboxylic acids is 1. The number of fused-ring (bicyclic) bond motifs is 1. The maximum Gasteiger partial charge on any atom is 0.258 e. The lowest BCUT2D eigenvalue weighted by molar-refractivity contribution is -0.132. The van der Waals surface area contributed by atoms with Gasteiger partial charge >= 0.3 is 0 Å². The van der Waals surface area contributed by atoms with Crippen LogP contribution >= 0.6 is 0 Å². The van der Waals surface area contributed by atoms with Gasteiger partial charge in [0.25, 0.3) is 5.56 Å². The summed E-state index contributed by atoms with van der Waals surface area (Å²) < 4.78 is 1.52. The molecule has 0 aliphatic carbocycles. The smallest absolute Gasteiger partial charge is 0.258 e. The summed E-state index contributed by atoms with van der Waals surface area (Å²) in [5, 5.41) is 1.55. The molecule has 1 aliphatic heterocycles. The summed E-state index contributed by atoms with van der Waals surface area (Å²) in [5.74, 6) is -0.00186. The van der Waals surface area contributed by atoms with Crippen LogP contribution in [0.25, 0.3) is 10.8 Å². The van der Waals surface area contributed by atoms with Crippen molar-refractivity contribution in [2.75, 3.05) is 31.1 Å². The van der Waals surface area contributed by atoms with Crippen LogP contribution in [0.2, 0.25) is 0 Å². The monoisotopic (exact) mass is 375 g/mol. The van der Waals surface area contributed by atoms with Gasteiger partial charge in [0.1, 0.15) is 6.54 Å². The van der Waals surface area contributed by atoms with E-state index in [0.29, 0.717) is 18.5 Å². The van der Waals surface area contributed by atoms with Gasteiger partial charge in [-0.3, -0.25) is 9.59 Å². The number of nitrogens with zero attached hydrogens (tertiary/aromatic N) is 3. The van der Waals surface area contributed by atoms with Crippen molar-refractivity contribution < 1.29 is 4.79 Å². The van der Waals surface area contributed by atoms with E-state index in [1.54, 1.807) is 6.20 Å². The molecule has 1 saturated heterocycles. The molecule has 28 heavy (non-hydrogen) atoms. The highest BCUT2D eigenvalue weighted by molar-refractivity contribution is 5.82. The number of hydrogen-bond donors (Lipinski definition) is 0. The molecule has 1 aromatic heterocycles. The zero-order valence-electron chi connectivity index (χ0n) is 16.4. The standard InChI is InChI=1S/C23H25N3O2/c1-17-6-5-9-21(18(17)2)24-12-14-25(15-13-24)22(27)16-26-11-10-19-7-3-4-8-20(19)23(26)28/h3-11H,12-16H2,1-2H3. The maximum absolute atomic E-state index is 12.8. The maximum atomic E-state index is 12.8. The van der Waals surface area contributed by atoms with E-state index in [0.717, 1.165) is 18.5 Å². The highest BCUT2D eigenvalue weighted by Gasteiger charge is 2.22.